The fourth-order valence-electron chi connectivity index (χ4n) is 1.03. The van der Waals surface area contributed by atoms with Crippen LogP contribution in [-0.2, 0) is 6.54 Å². The second kappa shape index (κ2) is 4.15. The Morgan fingerprint density at radius 3 is 2.71 bits per heavy atom. The quantitative estimate of drug-likeness (QED) is 0.832. The van der Waals surface area contributed by atoms with Crippen LogP contribution in [0, 0.1) is 6.92 Å². The Bertz CT molecular complexity index is 398. The zero-order valence-electron chi connectivity index (χ0n) is 7.77. The predicted molar refractivity (Wildman–Crippen MR) is 56.2 cm³/mol. The van der Waals surface area contributed by atoms with Gasteiger partial charge >= 0.3 is 0 Å². The van der Waals surface area contributed by atoms with E-state index in [4.69, 9.17) is 0 Å². The van der Waals surface area contributed by atoms with E-state index in [1.807, 2.05) is 13.1 Å². The van der Waals surface area contributed by atoms with E-state index in [1.165, 1.54) is 4.88 Å². The zero-order valence-corrected chi connectivity index (χ0v) is 8.58. The maximum absolute atomic E-state index is 4.23. The second-order valence-electron chi connectivity index (χ2n) is 2.79. The van der Waals surface area contributed by atoms with Crippen LogP contribution in [0.4, 0.5) is 5.95 Å². The van der Waals surface area contributed by atoms with Crippen molar-refractivity contribution in [2.45, 2.75) is 13.5 Å². The third kappa shape index (κ3) is 2.26. The van der Waals surface area contributed by atoms with Gasteiger partial charge in [0, 0.05) is 23.5 Å². The lowest BCUT2D eigenvalue weighted by Gasteiger charge is -1.99. The van der Waals surface area contributed by atoms with Crippen LogP contribution in [0.1, 0.15) is 9.88 Å². The molecule has 2 aromatic heterocycles. The second-order valence-corrected chi connectivity index (χ2v) is 4.11. The van der Waals surface area contributed by atoms with Gasteiger partial charge in [0.25, 0.3) is 0 Å². The molecule has 0 amide bonds. The van der Waals surface area contributed by atoms with Crippen molar-refractivity contribution in [3.63, 3.8) is 0 Å². The number of hydrogen-bond donors (Lipinski definition) is 1. The number of nitrogens with zero attached hydrogens (tertiary/aromatic N) is 3. The van der Waals surface area contributed by atoms with E-state index in [1.54, 1.807) is 29.8 Å². The molecule has 0 aromatic carbocycles. The molecule has 0 spiro atoms. The van der Waals surface area contributed by atoms with Crippen molar-refractivity contribution in [1.29, 1.82) is 0 Å². The molecule has 0 aliphatic carbocycles. The first-order chi connectivity index (χ1) is 6.84. The average molecular weight is 206 g/mol. The number of aryl methyl sites for hydroxylation is 1. The summed E-state index contributed by atoms with van der Waals surface area (Å²) in [5.41, 5.74) is 0. The largest absolute Gasteiger partial charge is 0.348 e. The minimum Gasteiger partial charge on any atom is -0.348 e. The molecule has 72 valence electrons. The topological polar surface area (TPSA) is 50.7 Å². The molecule has 0 saturated carbocycles. The molecule has 0 aliphatic rings. The molecule has 0 saturated heterocycles. The Morgan fingerprint density at radius 2 is 2.07 bits per heavy atom. The van der Waals surface area contributed by atoms with Crippen LogP contribution in [0.5, 0.6) is 0 Å². The van der Waals surface area contributed by atoms with Gasteiger partial charge in [0.2, 0.25) is 5.95 Å². The Labute approximate surface area is 86.1 Å². The summed E-state index contributed by atoms with van der Waals surface area (Å²) in [7, 11) is 0. The zero-order chi connectivity index (χ0) is 9.80. The van der Waals surface area contributed by atoms with Crippen molar-refractivity contribution >= 4 is 17.3 Å². The van der Waals surface area contributed by atoms with Crippen LogP contribution in [-0.4, -0.2) is 15.0 Å². The SMILES string of the molecule is Cc1cnc(CNc2ncccn2)s1. The Hall–Kier alpha value is -1.49. The van der Waals surface area contributed by atoms with Crippen LogP contribution in [0.15, 0.2) is 24.7 Å². The average Bonchev–Trinajstić information content (AvgIpc) is 2.63. The smallest absolute Gasteiger partial charge is 0.222 e. The number of anilines is 1. The van der Waals surface area contributed by atoms with Crippen LogP contribution < -0.4 is 5.32 Å². The first-order valence-electron chi connectivity index (χ1n) is 4.27. The normalized spacial score (nSPS) is 10.1. The van der Waals surface area contributed by atoms with Gasteiger partial charge in [-0.1, -0.05) is 0 Å². The molecule has 14 heavy (non-hydrogen) atoms. The number of nitrogens with one attached hydrogen (secondary N) is 1. The Kier molecular flexibility index (Phi) is 2.69. The minimum absolute atomic E-state index is 0.639. The first kappa shape index (κ1) is 9.08. The number of hydrogen-bond acceptors (Lipinski definition) is 5. The summed E-state index contributed by atoms with van der Waals surface area (Å²) in [6.07, 6.45) is 5.29. The molecular formula is C9H10N4S. The lowest BCUT2D eigenvalue weighted by Crippen LogP contribution is -2.02. The lowest BCUT2D eigenvalue weighted by molar-refractivity contribution is 1.03. The molecule has 0 atom stereocenters. The molecule has 0 fully saturated rings. The monoisotopic (exact) mass is 206 g/mol. The summed E-state index contributed by atoms with van der Waals surface area (Å²) in [5, 5.41) is 4.15. The maximum Gasteiger partial charge on any atom is 0.222 e. The predicted octanol–water partition coefficient (Wildman–Crippen LogP) is 1.85. The summed E-state index contributed by atoms with van der Waals surface area (Å²) in [4.78, 5) is 13.6. The van der Waals surface area contributed by atoms with E-state index in [-0.39, 0.29) is 0 Å². The highest BCUT2D eigenvalue weighted by atomic mass is 32.1. The Balaban J connectivity index is 1.95. The van der Waals surface area contributed by atoms with Gasteiger partial charge in [0.15, 0.2) is 0 Å². The van der Waals surface area contributed by atoms with Crippen molar-refractivity contribution in [3.8, 4) is 0 Å². The molecule has 2 heterocycles. The van der Waals surface area contributed by atoms with E-state index >= 15 is 0 Å². The van der Waals surface area contributed by atoms with Crippen LogP contribution in [0.2, 0.25) is 0 Å². The molecule has 0 bridgehead atoms. The lowest BCUT2D eigenvalue weighted by atomic mass is 10.6. The van der Waals surface area contributed by atoms with E-state index in [0.717, 1.165) is 5.01 Å². The third-order valence-corrected chi connectivity index (χ3v) is 2.55. The molecule has 1 N–H and O–H groups in total. The highest BCUT2D eigenvalue weighted by Gasteiger charge is 1.98. The number of aromatic nitrogens is 3. The summed E-state index contributed by atoms with van der Waals surface area (Å²) >= 11 is 1.68. The minimum atomic E-state index is 0.639. The maximum atomic E-state index is 4.23. The molecular weight excluding hydrogens is 196 g/mol. The van der Waals surface area contributed by atoms with Crippen LogP contribution in [0.3, 0.4) is 0 Å². The fourth-order valence-corrected chi connectivity index (χ4v) is 1.76. The fraction of sp³-hybridized carbons (Fsp3) is 0.222. The highest BCUT2D eigenvalue weighted by Crippen LogP contribution is 2.11. The van der Waals surface area contributed by atoms with E-state index in [2.05, 4.69) is 20.3 Å². The van der Waals surface area contributed by atoms with Crippen molar-refractivity contribution in [2.75, 3.05) is 5.32 Å². The van der Waals surface area contributed by atoms with Gasteiger partial charge < -0.3 is 5.32 Å². The Morgan fingerprint density at radius 1 is 1.29 bits per heavy atom. The number of thiazole rings is 1. The van der Waals surface area contributed by atoms with Crippen molar-refractivity contribution in [3.05, 3.63) is 34.5 Å². The summed E-state index contributed by atoms with van der Waals surface area (Å²) in [6, 6.07) is 1.79. The van der Waals surface area contributed by atoms with Gasteiger partial charge in [0.05, 0.1) is 6.54 Å². The van der Waals surface area contributed by atoms with Crippen molar-refractivity contribution < 1.29 is 0 Å². The summed E-state index contributed by atoms with van der Waals surface area (Å²) < 4.78 is 0. The van der Waals surface area contributed by atoms with Crippen molar-refractivity contribution in [1.82, 2.24) is 15.0 Å². The van der Waals surface area contributed by atoms with Gasteiger partial charge in [0.1, 0.15) is 5.01 Å². The van der Waals surface area contributed by atoms with E-state index < -0.39 is 0 Å². The van der Waals surface area contributed by atoms with Gasteiger partial charge in [-0.3, -0.25) is 0 Å². The van der Waals surface area contributed by atoms with Crippen LogP contribution in [0.25, 0.3) is 0 Å². The first-order valence-corrected chi connectivity index (χ1v) is 5.08. The molecule has 0 radical (unpaired) electrons. The van der Waals surface area contributed by atoms with Gasteiger partial charge in [-0.05, 0) is 13.0 Å². The van der Waals surface area contributed by atoms with Crippen LogP contribution >= 0.6 is 11.3 Å². The molecule has 4 nitrogen and oxygen atoms in total. The molecule has 0 aliphatic heterocycles. The molecule has 5 heteroatoms. The summed E-state index contributed by atoms with van der Waals surface area (Å²) in [5.74, 6) is 0.639. The molecule has 2 rings (SSSR count). The third-order valence-electron chi connectivity index (χ3n) is 1.63. The number of rotatable bonds is 3. The van der Waals surface area contributed by atoms with Gasteiger partial charge in [-0.15, -0.1) is 11.3 Å². The van der Waals surface area contributed by atoms with Gasteiger partial charge in [-0.2, -0.15) is 0 Å². The van der Waals surface area contributed by atoms with Crippen molar-refractivity contribution in [2.24, 2.45) is 0 Å². The summed E-state index contributed by atoms with van der Waals surface area (Å²) in [6.45, 7) is 2.72. The van der Waals surface area contributed by atoms with E-state index in [9.17, 15) is 0 Å². The molecule has 2 aromatic rings. The molecule has 0 unspecified atom stereocenters. The highest BCUT2D eigenvalue weighted by molar-refractivity contribution is 7.11. The standard InChI is InChI=1S/C9H10N4S/c1-7-5-12-8(14-7)6-13-9-10-3-2-4-11-9/h2-5H,6H2,1H3,(H,10,11,13). The van der Waals surface area contributed by atoms with Gasteiger partial charge in [-0.25, -0.2) is 15.0 Å². The van der Waals surface area contributed by atoms with E-state index in [0.29, 0.717) is 12.5 Å².